The van der Waals surface area contributed by atoms with Gasteiger partial charge < -0.3 is 9.73 Å². The Bertz CT molecular complexity index is 623. The molecule has 0 radical (unpaired) electrons. The summed E-state index contributed by atoms with van der Waals surface area (Å²) in [6, 6.07) is 7.05. The molecular weight excluding hydrogens is 256 g/mol. The lowest BCUT2D eigenvalue weighted by molar-refractivity contribution is -0.402. The molecule has 5 heteroatoms. The Kier molecular flexibility index (Phi) is 3.90. The molecule has 1 heterocycles. The van der Waals surface area contributed by atoms with Gasteiger partial charge in [0.25, 0.3) is 0 Å². The molecule has 1 N–H and O–H groups in total. The summed E-state index contributed by atoms with van der Waals surface area (Å²) in [5.41, 5.74) is 4.58. The number of rotatable bonds is 4. The molecule has 0 bridgehead atoms. The molecule has 0 amide bonds. The molecule has 0 spiro atoms. The van der Waals surface area contributed by atoms with Crippen molar-refractivity contribution in [2.75, 3.05) is 7.05 Å². The SMILES string of the molecule is CNC(c1ccc([N+](=O)[O-])o1)c1c(C)cc(C)cc1C. The molecule has 5 nitrogen and oxygen atoms in total. The monoisotopic (exact) mass is 274 g/mol. The third-order valence-electron chi connectivity index (χ3n) is 3.39. The van der Waals surface area contributed by atoms with Crippen LogP contribution in [0.1, 0.15) is 34.1 Å². The lowest BCUT2D eigenvalue weighted by Gasteiger charge is -2.19. The Morgan fingerprint density at radius 1 is 1.20 bits per heavy atom. The molecule has 2 rings (SSSR count). The molecule has 0 saturated heterocycles. The summed E-state index contributed by atoms with van der Waals surface area (Å²) in [5, 5.41) is 13.9. The lowest BCUT2D eigenvalue weighted by Crippen LogP contribution is -2.19. The Balaban J connectivity index is 2.49. The Labute approximate surface area is 117 Å². The third-order valence-corrected chi connectivity index (χ3v) is 3.39. The highest BCUT2D eigenvalue weighted by molar-refractivity contribution is 5.43. The molecule has 0 aliphatic rings. The zero-order valence-electron chi connectivity index (χ0n) is 12.1. The van der Waals surface area contributed by atoms with E-state index in [-0.39, 0.29) is 11.9 Å². The summed E-state index contributed by atoms with van der Waals surface area (Å²) < 4.78 is 5.33. The first kappa shape index (κ1) is 14.3. The van der Waals surface area contributed by atoms with Gasteiger partial charge in [-0.2, -0.15) is 0 Å². The maximum Gasteiger partial charge on any atom is 0.433 e. The predicted molar refractivity (Wildman–Crippen MR) is 76.9 cm³/mol. The molecule has 0 saturated carbocycles. The maximum absolute atomic E-state index is 10.7. The van der Waals surface area contributed by atoms with E-state index in [2.05, 4.69) is 24.4 Å². The first-order valence-corrected chi connectivity index (χ1v) is 6.43. The summed E-state index contributed by atoms with van der Waals surface area (Å²) in [6.07, 6.45) is 0. The number of nitrogens with zero attached hydrogens (tertiary/aromatic N) is 1. The van der Waals surface area contributed by atoms with Crippen LogP contribution in [0, 0.1) is 30.9 Å². The average Bonchev–Trinajstić information content (AvgIpc) is 2.82. The van der Waals surface area contributed by atoms with Crippen molar-refractivity contribution in [3.05, 3.63) is 62.4 Å². The first-order valence-electron chi connectivity index (χ1n) is 6.43. The number of nitro groups is 1. The van der Waals surface area contributed by atoms with Crippen LogP contribution in [0.4, 0.5) is 5.88 Å². The van der Waals surface area contributed by atoms with E-state index in [1.807, 2.05) is 20.9 Å². The highest BCUT2D eigenvalue weighted by Crippen LogP contribution is 2.31. The molecule has 0 aliphatic heterocycles. The van der Waals surface area contributed by atoms with Gasteiger partial charge in [0.15, 0.2) is 0 Å². The predicted octanol–water partition coefficient (Wildman–Crippen LogP) is 3.42. The zero-order valence-corrected chi connectivity index (χ0v) is 12.1. The fourth-order valence-corrected chi connectivity index (χ4v) is 2.67. The second-order valence-corrected chi connectivity index (χ2v) is 4.97. The van der Waals surface area contributed by atoms with Crippen molar-refractivity contribution in [1.29, 1.82) is 0 Å². The quantitative estimate of drug-likeness (QED) is 0.685. The standard InChI is InChI=1S/C15H18N2O3/c1-9-7-10(2)14(11(3)8-9)15(16-4)12-5-6-13(20-12)17(18)19/h5-8,15-16H,1-4H3. The van der Waals surface area contributed by atoms with Gasteiger partial charge in [-0.1, -0.05) is 17.7 Å². The van der Waals surface area contributed by atoms with Gasteiger partial charge in [0.2, 0.25) is 0 Å². The molecular formula is C15H18N2O3. The van der Waals surface area contributed by atoms with Gasteiger partial charge in [-0.25, -0.2) is 0 Å². The van der Waals surface area contributed by atoms with Gasteiger partial charge in [-0.15, -0.1) is 0 Å². The van der Waals surface area contributed by atoms with Crippen LogP contribution in [0.15, 0.2) is 28.7 Å². The second-order valence-electron chi connectivity index (χ2n) is 4.97. The van der Waals surface area contributed by atoms with Gasteiger partial charge in [0.1, 0.15) is 10.7 Å². The molecule has 0 aliphatic carbocycles. The second kappa shape index (κ2) is 5.46. The number of benzene rings is 1. The molecule has 1 aromatic carbocycles. The van der Waals surface area contributed by atoms with E-state index in [4.69, 9.17) is 4.42 Å². The van der Waals surface area contributed by atoms with Gasteiger partial charge in [0, 0.05) is 0 Å². The van der Waals surface area contributed by atoms with Gasteiger partial charge in [-0.3, -0.25) is 10.1 Å². The highest BCUT2D eigenvalue weighted by Gasteiger charge is 2.22. The van der Waals surface area contributed by atoms with Gasteiger partial charge >= 0.3 is 5.88 Å². The van der Waals surface area contributed by atoms with E-state index < -0.39 is 4.92 Å². The van der Waals surface area contributed by atoms with Crippen LogP contribution in [-0.4, -0.2) is 12.0 Å². The molecule has 2 aromatic rings. The summed E-state index contributed by atoms with van der Waals surface area (Å²) in [5.74, 6) is 0.317. The zero-order chi connectivity index (χ0) is 14.9. The topological polar surface area (TPSA) is 68.3 Å². The number of nitrogens with one attached hydrogen (secondary N) is 1. The molecule has 1 aromatic heterocycles. The van der Waals surface area contributed by atoms with Crippen molar-refractivity contribution in [3.8, 4) is 0 Å². The summed E-state index contributed by atoms with van der Waals surface area (Å²) in [6.45, 7) is 6.13. The van der Waals surface area contributed by atoms with Crippen LogP contribution in [0.25, 0.3) is 0 Å². The molecule has 20 heavy (non-hydrogen) atoms. The number of aryl methyl sites for hydroxylation is 3. The minimum absolute atomic E-state index is 0.190. The van der Waals surface area contributed by atoms with Crippen LogP contribution < -0.4 is 5.32 Å². The van der Waals surface area contributed by atoms with Crippen molar-refractivity contribution >= 4 is 5.88 Å². The van der Waals surface area contributed by atoms with Crippen LogP contribution >= 0.6 is 0 Å². The fraction of sp³-hybridized carbons (Fsp3) is 0.333. The van der Waals surface area contributed by atoms with Gasteiger partial charge in [0.05, 0.1) is 12.1 Å². The first-order chi connectivity index (χ1) is 9.43. The largest absolute Gasteiger partial charge is 0.433 e. The minimum Gasteiger partial charge on any atom is -0.404 e. The Morgan fingerprint density at radius 2 is 1.80 bits per heavy atom. The van der Waals surface area contributed by atoms with Crippen LogP contribution in [-0.2, 0) is 0 Å². The van der Waals surface area contributed by atoms with E-state index >= 15 is 0 Å². The number of furan rings is 1. The minimum atomic E-state index is -0.523. The van der Waals surface area contributed by atoms with E-state index in [1.165, 1.54) is 11.6 Å². The summed E-state index contributed by atoms with van der Waals surface area (Å²) in [4.78, 5) is 10.2. The van der Waals surface area contributed by atoms with E-state index in [9.17, 15) is 10.1 Å². The van der Waals surface area contributed by atoms with Gasteiger partial charge in [-0.05, 0) is 50.6 Å². The molecule has 1 unspecified atom stereocenters. The normalized spacial score (nSPS) is 12.4. The van der Waals surface area contributed by atoms with Crippen molar-refractivity contribution in [1.82, 2.24) is 5.32 Å². The summed E-state index contributed by atoms with van der Waals surface area (Å²) >= 11 is 0. The summed E-state index contributed by atoms with van der Waals surface area (Å²) in [7, 11) is 1.82. The highest BCUT2D eigenvalue weighted by atomic mass is 16.6. The van der Waals surface area contributed by atoms with E-state index in [0.29, 0.717) is 5.76 Å². The van der Waals surface area contributed by atoms with Crippen LogP contribution in [0.5, 0.6) is 0 Å². The lowest BCUT2D eigenvalue weighted by atomic mass is 9.93. The van der Waals surface area contributed by atoms with Crippen LogP contribution in [0.2, 0.25) is 0 Å². The van der Waals surface area contributed by atoms with Crippen molar-refractivity contribution in [2.45, 2.75) is 26.8 Å². The molecule has 0 fully saturated rings. The molecule has 106 valence electrons. The van der Waals surface area contributed by atoms with E-state index in [0.717, 1.165) is 16.7 Å². The van der Waals surface area contributed by atoms with Crippen molar-refractivity contribution in [3.63, 3.8) is 0 Å². The smallest absolute Gasteiger partial charge is 0.404 e. The number of hydrogen-bond donors (Lipinski definition) is 1. The average molecular weight is 274 g/mol. The third kappa shape index (κ3) is 2.58. The molecule has 1 atom stereocenters. The Morgan fingerprint density at radius 3 is 2.25 bits per heavy atom. The van der Waals surface area contributed by atoms with Crippen molar-refractivity contribution in [2.24, 2.45) is 0 Å². The number of hydrogen-bond acceptors (Lipinski definition) is 4. The van der Waals surface area contributed by atoms with E-state index in [1.54, 1.807) is 6.07 Å². The Hall–Kier alpha value is -2.14. The van der Waals surface area contributed by atoms with Crippen molar-refractivity contribution < 1.29 is 9.34 Å². The van der Waals surface area contributed by atoms with Crippen LogP contribution in [0.3, 0.4) is 0 Å². The fourth-order valence-electron chi connectivity index (χ4n) is 2.67. The maximum atomic E-state index is 10.7.